The summed E-state index contributed by atoms with van der Waals surface area (Å²) in [5.74, 6) is 0. The molecule has 0 saturated carbocycles. The Morgan fingerprint density at radius 2 is 2.31 bits per heavy atom. The van der Waals surface area contributed by atoms with Gasteiger partial charge in [0.25, 0.3) is 0 Å². The summed E-state index contributed by atoms with van der Waals surface area (Å²) in [6.45, 7) is 0. The van der Waals surface area contributed by atoms with Crippen molar-refractivity contribution in [2.24, 2.45) is 5.73 Å². The first-order chi connectivity index (χ1) is 7.84. The Morgan fingerprint density at radius 1 is 1.38 bits per heavy atom. The normalized spacial score (nSPS) is 19.4. The molecule has 1 aliphatic carbocycles. The smallest absolute Gasteiger partial charge is 0.0648 e. The fourth-order valence-electron chi connectivity index (χ4n) is 2.40. The molecule has 2 N–H and O–H groups in total. The second-order valence-electron chi connectivity index (χ2n) is 4.33. The lowest BCUT2D eigenvalue weighted by Crippen LogP contribution is -2.17. The van der Waals surface area contributed by atoms with Gasteiger partial charge in [0.2, 0.25) is 0 Å². The highest BCUT2D eigenvalue weighted by Crippen LogP contribution is 2.29. The van der Waals surface area contributed by atoms with Crippen LogP contribution in [0, 0.1) is 0 Å². The predicted octanol–water partition coefficient (Wildman–Crippen LogP) is 2.21. The Hall–Kier alpha value is -1.61. The van der Waals surface area contributed by atoms with Gasteiger partial charge in [-0.2, -0.15) is 5.10 Å². The number of aromatic nitrogens is 2. The van der Waals surface area contributed by atoms with Crippen LogP contribution in [0.25, 0.3) is 5.69 Å². The lowest BCUT2D eigenvalue weighted by molar-refractivity contribution is 0.570. The molecule has 82 valence electrons. The standard InChI is InChI=1S/C13H15N3/c14-13-4-1-3-10-9-11(5-6-12(10)13)16-8-2-7-15-16/h2,5-9,13H,1,3-4,14H2. The number of nitrogens with two attached hydrogens (primary N) is 1. The van der Waals surface area contributed by atoms with E-state index in [1.807, 2.05) is 16.9 Å². The van der Waals surface area contributed by atoms with E-state index >= 15 is 0 Å². The molecular weight excluding hydrogens is 198 g/mol. The molecule has 16 heavy (non-hydrogen) atoms. The molecule has 0 saturated heterocycles. The molecule has 3 nitrogen and oxygen atoms in total. The van der Waals surface area contributed by atoms with Crippen molar-refractivity contribution in [2.45, 2.75) is 25.3 Å². The van der Waals surface area contributed by atoms with Crippen molar-refractivity contribution < 1.29 is 0 Å². The van der Waals surface area contributed by atoms with E-state index < -0.39 is 0 Å². The third-order valence-electron chi connectivity index (χ3n) is 3.26. The molecule has 2 aromatic rings. The molecule has 0 amide bonds. The van der Waals surface area contributed by atoms with Crippen molar-refractivity contribution in [1.82, 2.24) is 9.78 Å². The average molecular weight is 213 g/mol. The van der Waals surface area contributed by atoms with E-state index in [2.05, 4.69) is 23.3 Å². The molecule has 3 heteroatoms. The van der Waals surface area contributed by atoms with Gasteiger partial charge in [-0.15, -0.1) is 0 Å². The van der Waals surface area contributed by atoms with Gasteiger partial charge < -0.3 is 5.73 Å². The number of benzene rings is 1. The van der Waals surface area contributed by atoms with Gasteiger partial charge in [0.15, 0.2) is 0 Å². The third kappa shape index (κ3) is 1.53. The second kappa shape index (κ2) is 3.76. The van der Waals surface area contributed by atoms with Crippen molar-refractivity contribution in [1.29, 1.82) is 0 Å². The lowest BCUT2D eigenvalue weighted by atomic mass is 9.88. The van der Waals surface area contributed by atoms with Crippen LogP contribution in [-0.2, 0) is 6.42 Å². The second-order valence-corrected chi connectivity index (χ2v) is 4.33. The average Bonchev–Trinajstić information content (AvgIpc) is 2.82. The van der Waals surface area contributed by atoms with Crippen LogP contribution in [0.3, 0.4) is 0 Å². The van der Waals surface area contributed by atoms with E-state index in [0.717, 1.165) is 18.5 Å². The van der Waals surface area contributed by atoms with Crippen LogP contribution in [0.1, 0.15) is 30.0 Å². The summed E-state index contributed by atoms with van der Waals surface area (Å²) < 4.78 is 1.89. The zero-order valence-corrected chi connectivity index (χ0v) is 9.13. The third-order valence-corrected chi connectivity index (χ3v) is 3.26. The molecule has 3 rings (SSSR count). The topological polar surface area (TPSA) is 43.8 Å². The fraction of sp³-hybridized carbons (Fsp3) is 0.308. The van der Waals surface area contributed by atoms with Gasteiger partial charge in [0, 0.05) is 18.4 Å². The van der Waals surface area contributed by atoms with E-state index in [1.54, 1.807) is 6.20 Å². The fourth-order valence-corrected chi connectivity index (χ4v) is 2.40. The van der Waals surface area contributed by atoms with Crippen LogP contribution < -0.4 is 5.73 Å². The van der Waals surface area contributed by atoms with Gasteiger partial charge >= 0.3 is 0 Å². The van der Waals surface area contributed by atoms with E-state index in [0.29, 0.717) is 0 Å². The summed E-state index contributed by atoms with van der Waals surface area (Å²) >= 11 is 0. The summed E-state index contributed by atoms with van der Waals surface area (Å²) in [7, 11) is 0. The number of nitrogens with zero attached hydrogens (tertiary/aromatic N) is 2. The first kappa shape index (κ1) is 9.60. The van der Waals surface area contributed by atoms with E-state index in [1.165, 1.54) is 17.5 Å². The van der Waals surface area contributed by atoms with Crippen molar-refractivity contribution in [3.05, 3.63) is 47.8 Å². The highest BCUT2D eigenvalue weighted by Gasteiger charge is 2.16. The molecule has 0 fully saturated rings. The minimum absolute atomic E-state index is 0.218. The molecule has 1 atom stereocenters. The molecule has 1 heterocycles. The molecule has 0 bridgehead atoms. The zero-order valence-electron chi connectivity index (χ0n) is 9.13. The van der Waals surface area contributed by atoms with Crippen LogP contribution in [0.4, 0.5) is 0 Å². The van der Waals surface area contributed by atoms with Crippen LogP contribution in [0.2, 0.25) is 0 Å². The van der Waals surface area contributed by atoms with E-state index in [9.17, 15) is 0 Å². The van der Waals surface area contributed by atoms with Crippen molar-refractivity contribution in [3.63, 3.8) is 0 Å². The summed E-state index contributed by atoms with van der Waals surface area (Å²) in [5.41, 5.74) is 9.90. The highest BCUT2D eigenvalue weighted by molar-refractivity contribution is 5.42. The van der Waals surface area contributed by atoms with Gasteiger partial charge in [-0.05, 0) is 48.6 Å². The number of aryl methyl sites for hydroxylation is 1. The molecule has 0 radical (unpaired) electrons. The van der Waals surface area contributed by atoms with Crippen LogP contribution in [-0.4, -0.2) is 9.78 Å². The number of hydrogen-bond donors (Lipinski definition) is 1. The van der Waals surface area contributed by atoms with Crippen molar-refractivity contribution >= 4 is 0 Å². The first-order valence-electron chi connectivity index (χ1n) is 5.73. The quantitative estimate of drug-likeness (QED) is 0.789. The molecule has 0 aliphatic heterocycles. The highest BCUT2D eigenvalue weighted by atomic mass is 15.3. The Balaban J connectivity index is 2.05. The Bertz CT molecular complexity index is 488. The predicted molar refractivity (Wildman–Crippen MR) is 63.4 cm³/mol. The van der Waals surface area contributed by atoms with E-state index in [4.69, 9.17) is 5.73 Å². The summed E-state index contributed by atoms with van der Waals surface area (Å²) in [4.78, 5) is 0. The molecular formula is C13H15N3. The SMILES string of the molecule is NC1CCCc2cc(-n3cccn3)ccc21. The largest absolute Gasteiger partial charge is 0.324 e. The maximum atomic E-state index is 6.09. The summed E-state index contributed by atoms with van der Waals surface area (Å²) in [6.07, 6.45) is 7.19. The minimum Gasteiger partial charge on any atom is -0.324 e. The minimum atomic E-state index is 0.218. The van der Waals surface area contributed by atoms with Crippen LogP contribution in [0.15, 0.2) is 36.7 Å². The first-order valence-corrected chi connectivity index (χ1v) is 5.73. The Morgan fingerprint density at radius 3 is 3.12 bits per heavy atom. The van der Waals surface area contributed by atoms with Gasteiger partial charge in [-0.25, -0.2) is 4.68 Å². The zero-order chi connectivity index (χ0) is 11.0. The number of fused-ring (bicyclic) bond motifs is 1. The van der Waals surface area contributed by atoms with E-state index in [-0.39, 0.29) is 6.04 Å². The maximum Gasteiger partial charge on any atom is 0.0648 e. The van der Waals surface area contributed by atoms with Gasteiger partial charge in [-0.3, -0.25) is 0 Å². The van der Waals surface area contributed by atoms with Crippen molar-refractivity contribution in [2.75, 3.05) is 0 Å². The van der Waals surface area contributed by atoms with Crippen LogP contribution in [0.5, 0.6) is 0 Å². The molecule has 0 spiro atoms. The summed E-state index contributed by atoms with van der Waals surface area (Å²) in [5, 5.41) is 4.24. The Kier molecular flexibility index (Phi) is 2.26. The van der Waals surface area contributed by atoms with Crippen molar-refractivity contribution in [3.8, 4) is 5.69 Å². The molecule has 1 aromatic heterocycles. The Labute approximate surface area is 94.9 Å². The number of rotatable bonds is 1. The number of hydrogen-bond acceptors (Lipinski definition) is 2. The molecule has 1 aromatic carbocycles. The van der Waals surface area contributed by atoms with Gasteiger partial charge in [-0.1, -0.05) is 6.07 Å². The molecule has 1 unspecified atom stereocenters. The summed E-state index contributed by atoms with van der Waals surface area (Å²) in [6, 6.07) is 8.61. The monoisotopic (exact) mass is 213 g/mol. The maximum absolute atomic E-state index is 6.09. The van der Waals surface area contributed by atoms with Gasteiger partial charge in [0.1, 0.15) is 0 Å². The van der Waals surface area contributed by atoms with Crippen LogP contribution >= 0.6 is 0 Å². The molecule has 1 aliphatic rings. The lowest BCUT2D eigenvalue weighted by Gasteiger charge is -2.22. The van der Waals surface area contributed by atoms with Gasteiger partial charge in [0.05, 0.1) is 5.69 Å².